The molecule has 0 aliphatic rings. The number of aromatic nitrogens is 3. The molecule has 0 aliphatic carbocycles. The molecule has 3 rings (SSSR count). The fourth-order valence-electron chi connectivity index (χ4n) is 3.19. The number of carbonyl (C=O) groups excluding carboxylic acids is 1. The van der Waals surface area contributed by atoms with Crippen LogP contribution in [0.25, 0.3) is 0 Å². The number of benzene rings is 2. The second-order valence-corrected chi connectivity index (χ2v) is 8.92. The van der Waals surface area contributed by atoms with Crippen LogP contribution in [-0.4, -0.2) is 26.6 Å². The van der Waals surface area contributed by atoms with E-state index in [2.05, 4.69) is 15.6 Å². The van der Waals surface area contributed by atoms with Gasteiger partial charge < -0.3 is 10.6 Å². The van der Waals surface area contributed by atoms with E-state index in [0.29, 0.717) is 28.7 Å². The zero-order chi connectivity index (χ0) is 24.1. The molecule has 0 bridgehead atoms. The monoisotopic (exact) mass is 469 g/mol. The minimum atomic E-state index is -0.630. The summed E-state index contributed by atoms with van der Waals surface area (Å²) < 4.78 is 2.52. The molecule has 33 heavy (non-hydrogen) atoms. The average molecular weight is 470 g/mol. The predicted octanol–water partition coefficient (Wildman–Crippen LogP) is 3.82. The van der Waals surface area contributed by atoms with E-state index >= 15 is 0 Å². The number of anilines is 2. The SMILES string of the molecule is CC(C)CNC(=O)c1ccc(Nc2nc(=O)n(C(C)C)c(=O)n2Cc2ccc(Cl)cc2)cc1. The van der Waals surface area contributed by atoms with Crippen LogP contribution in [0, 0.1) is 5.92 Å². The highest BCUT2D eigenvalue weighted by molar-refractivity contribution is 6.30. The molecule has 2 N–H and O–H groups in total. The Kier molecular flexibility index (Phi) is 7.71. The molecule has 1 amide bonds. The van der Waals surface area contributed by atoms with E-state index in [9.17, 15) is 14.4 Å². The van der Waals surface area contributed by atoms with Gasteiger partial charge in [-0.25, -0.2) is 14.2 Å². The first-order valence-electron chi connectivity index (χ1n) is 10.8. The van der Waals surface area contributed by atoms with Crippen molar-refractivity contribution in [3.63, 3.8) is 0 Å². The first-order valence-corrected chi connectivity index (χ1v) is 11.2. The summed E-state index contributed by atoms with van der Waals surface area (Å²) in [5.74, 6) is 0.313. The molecular formula is C24H28ClN5O3. The van der Waals surface area contributed by atoms with Crippen LogP contribution in [0.2, 0.25) is 5.02 Å². The third kappa shape index (κ3) is 6.10. The Bertz CT molecular complexity index is 1230. The highest BCUT2D eigenvalue weighted by Gasteiger charge is 2.16. The van der Waals surface area contributed by atoms with Gasteiger partial charge in [-0.05, 0) is 61.7 Å². The van der Waals surface area contributed by atoms with Crippen LogP contribution in [0.1, 0.15) is 49.7 Å². The highest BCUT2D eigenvalue weighted by atomic mass is 35.5. The number of carbonyl (C=O) groups is 1. The molecule has 1 aromatic heterocycles. The number of amides is 1. The standard InChI is InChI=1S/C24H28ClN5O3/c1-15(2)13-26-21(31)18-7-11-20(12-8-18)27-22-28-23(32)30(16(3)4)24(33)29(22)14-17-5-9-19(25)10-6-17/h5-12,15-16H,13-14H2,1-4H3,(H,26,31)(H,27,28,32). The summed E-state index contributed by atoms with van der Waals surface area (Å²) in [5.41, 5.74) is 0.843. The Morgan fingerprint density at radius 1 is 1.00 bits per heavy atom. The fraction of sp³-hybridized carbons (Fsp3) is 0.333. The molecule has 0 saturated carbocycles. The molecule has 9 heteroatoms. The normalized spacial score (nSPS) is 11.1. The smallest absolute Gasteiger partial charge is 0.352 e. The molecule has 0 radical (unpaired) electrons. The molecule has 2 aromatic carbocycles. The van der Waals surface area contributed by atoms with Crippen LogP contribution in [0.4, 0.5) is 11.6 Å². The van der Waals surface area contributed by atoms with Crippen molar-refractivity contribution in [1.82, 2.24) is 19.4 Å². The third-order valence-corrected chi connectivity index (χ3v) is 5.20. The zero-order valence-electron chi connectivity index (χ0n) is 19.1. The van der Waals surface area contributed by atoms with E-state index in [0.717, 1.165) is 10.1 Å². The lowest BCUT2D eigenvalue weighted by Crippen LogP contribution is -2.43. The number of rotatable bonds is 8. The Morgan fingerprint density at radius 3 is 2.21 bits per heavy atom. The summed E-state index contributed by atoms with van der Waals surface area (Å²) in [6, 6.07) is 13.5. The second kappa shape index (κ2) is 10.5. The van der Waals surface area contributed by atoms with E-state index in [4.69, 9.17) is 11.6 Å². The van der Waals surface area contributed by atoms with E-state index in [1.165, 1.54) is 4.57 Å². The highest BCUT2D eigenvalue weighted by Crippen LogP contribution is 2.16. The van der Waals surface area contributed by atoms with E-state index in [1.54, 1.807) is 50.2 Å². The third-order valence-electron chi connectivity index (χ3n) is 4.94. The van der Waals surface area contributed by atoms with Crippen LogP contribution in [0.3, 0.4) is 0 Å². The molecule has 0 spiro atoms. The van der Waals surface area contributed by atoms with Crippen molar-refractivity contribution in [2.45, 2.75) is 40.3 Å². The van der Waals surface area contributed by atoms with Gasteiger partial charge in [0, 0.05) is 28.9 Å². The molecule has 0 unspecified atom stereocenters. The van der Waals surface area contributed by atoms with Crippen LogP contribution in [0.15, 0.2) is 58.1 Å². The van der Waals surface area contributed by atoms with Crippen molar-refractivity contribution in [3.8, 4) is 0 Å². The number of nitrogens with one attached hydrogen (secondary N) is 2. The minimum Gasteiger partial charge on any atom is -0.352 e. The molecule has 0 saturated heterocycles. The molecule has 174 valence electrons. The number of nitrogens with zero attached hydrogens (tertiary/aromatic N) is 3. The van der Waals surface area contributed by atoms with Gasteiger partial charge in [-0.2, -0.15) is 4.98 Å². The lowest BCUT2D eigenvalue weighted by molar-refractivity contribution is 0.0949. The maximum atomic E-state index is 13.2. The Labute approximate surface area is 197 Å². The lowest BCUT2D eigenvalue weighted by atomic mass is 10.1. The molecule has 3 aromatic rings. The van der Waals surface area contributed by atoms with Crippen molar-refractivity contribution in [2.24, 2.45) is 5.92 Å². The van der Waals surface area contributed by atoms with Crippen molar-refractivity contribution in [1.29, 1.82) is 0 Å². The van der Waals surface area contributed by atoms with Gasteiger partial charge in [-0.15, -0.1) is 0 Å². The van der Waals surface area contributed by atoms with E-state index in [-0.39, 0.29) is 24.4 Å². The summed E-state index contributed by atoms with van der Waals surface area (Å²) in [7, 11) is 0. The average Bonchev–Trinajstić information content (AvgIpc) is 2.76. The maximum Gasteiger partial charge on any atom is 0.355 e. The number of hydrogen-bond donors (Lipinski definition) is 2. The van der Waals surface area contributed by atoms with Crippen LogP contribution in [-0.2, 0) is 6.54 Å². The summed E-state index contributed by atoms with van der Waals surface area (Å²) in [4.78, 5) is 42.1. The summed E-state index contributed by atoms with van der Waals surface area (Å²) in [6.45, 7) is 8.36. The molecule has 0 aliphatic heterocycles. The molecule has 0 fully saturated rings. The van der Waals surface area contributed by atoms with Crippen LogP contribution in [0.5, 0.6) is 0 Å². The van der Waals surface area contributed by atoms with Gasteiger partial charge in [0.15, 0.2) is 0 Å². The first kappa shape index (κ1) is 24.3. The van der Waals surface area contributed by atoms with Gasteiger partial charge >= 0.3 is 11.4 Å². The molecule has 8 nitrogen and oxygen atoms in total. The molecule has 0 atom stereocenters. The second-order valence-electron chi connectivity index (χ2n) is 8.48. The largest absolute Gasteiger partial charge is 0.355 e. The Hall–Kier alpha value is -3.39. The van der Waals surface area contributed by atoms with Crippen LogP contribution >= 0.6 is 11.6 Å². The molecule has 1 heterocycles. The zero-order valence-corrected chi connectivity index (χ0v) is 19.9. The van der Waals surface area contributed by atoms with E-state index in [1.807, 2.05) is 26.0 Å². The summed E-state index contributed by atoms with van der Waals surface area (Å²) >= 11 is 5.98. The number of halogens is 1. The van der Waals surface area contributed by atoms with Crippen LogP contribution < -0.4 is 22.0 Å². The summed E-state index contributed by atoms with van der Waals surface area (Å²) in [6.07, 6.45) is 0. The lowest BCUT2D eigenvalue weighted by Gasteiger charge is -2.17. The van der Waals surface area contributed by atoms with E-state index < -0.39 is 11.4 Å². The van der Waals surface area contributed by atoms with Crippen molar-refractivity contribution >= 4 is 29.1 Å². The maximum absolute atomic E-state index is 13.2. The van der Waals surface area contributed by atoms with Gasteiger partial charge in [0.1, 0.15) is 0 Å². The first-order chi connectivity index (χ1) is 15.7. The van der Waals surface area contributed by atoms with Gasteiger partial charge in [0.2, 0.25) is 5.95 Å². The summed E-state index contributed by atoms with van der Waals surface area (Å²) in [5, 5.41) is 6.51. The number of hydrogen-bond acceptors (Lipinski definition) is 5. The van der Waals surface area contributed by atoms with Crippen molar-refractivity contribution in [3.05, 3.63) is 85.6 Å². The van der Waals surface area contributed by atoms with Gasteiger partial charge in [-0.3, -0.25) is 9.36 Å². The Morgan fingerprint density at radius 2 is 1.64 bits per heavy atom. The minimum absolute atomic E-state index is 0.119. The van der Waals surface area contributed by atoms with Crippen molar-refractivity contribution in [2.75, 3.05) is 11.9 Å². The topological polar surface area (TPSA) is 98.0 Å². The Balaban J connectivity index is 1.93. The molecular weight excluding hydrogens is 442 g/mol. The quantitative estimate of drug-likeness (QED) is 0.522. The predicted molar refractivity (Wildman–Crippen MR) is 131 cm³/mol. The van der Waals surface area contributed by atoms with Crippen molar-refractivity contribution < 1.29 is 4.79 Å². The van der Waals surface area contributed by atoms with Gasteiger partial charge in [0.25, 0.3) is 5.91 Å². The fourth-order valence-corrected chi connectivity index (χ4v) is 3.32. The van der Waals surface area contributed by atoms with Gasteiger partial charge in [-0.1, -0.05) is 37.6 Å². The van der Waals surface area contributed by atoms with Gasteiger partial charge in [0.05, 0.1) is 6.54 Å².